The largest absolute Gasteiger partial charge is 0.454 e. The minimum Gasteiger partial charge on any atom is -0.454 e. The minimum atomic E-state index is -1.11. The molecule has 258 valence electrons. The Morgan fingerprint density at radius 2 is 1.75 bits per heavy atom. The third-order valence-electron chi connectivity index (χ3n) is 8.70. The predicted octanol–water partition coefficient (Wildman–Crippen LogP) is 4.45. The molecule has 2 aliphatic rings. The highest BCUT2D eigenvalue weighted by molar-refractivity contribution is 6.25. The number of aromatic nitrogens is 2. The van der Waals surface area contributed by atoms with Crippen LogP contribution in [0.4, 0.5) is 20.2 Å². The number of benzene rings is 3. The van der Waals surface area contributed by atoms with E-state index in [-0.39, 0.29) is 54.0 Å². The zero-order valence-electron chi connectivity index (χ0n) is 26.8. The van der Waals surface area contributed by atoms with E-state index in [2.05, 4.69) is 20.9 Å². The van der Waals surface area contributed by atoms with Gasteiger partial charge in [0, 0.05) is 72.8 Å². The summed E-state index contributed by atoms with van der Waals surface area (Å²) in [6.07, 6.45) is 3.14. The predicted molar refractivity (Wildman–Crippen MR) is 180 cm³/mol. The molecule has 4 heterocycles. The van der Waals surface area contributed by atoms with Crippen LogP contribution in [0.5, 0.6) is 11.5 Å². The van der Waals surface area contributed by atoms with E-state index in [4.69, 9.17) is 4.74 Å². The fraction of sp³-hybridized carbons (Fsp3) is 0.167. The zero-order valence-corrected chi connectivity index (χ0v) is 26.8. The van der Waals surface area contributed by atoms with Crippen molar-refractivity contribution in [2.75, 3.05) is 17.2 Å². The average molecular weight is 695 g/mol. The van der Waals surface area contributed by atoms with Gasteiger partial charge in [-0.25, -0.2) is 8.78 Å². The molecule has 2 aromatic heterocycles. The highest BCUT2D eigenvalue weighted by atomic mass is 19.1. The Bertz CT molecular complexity index is 2370. The van der Waals surface area contributed by atoms with E-state index in [0.29, 0.717) is 39.5 Å². The van der Waals surface area contributed by atoms with Crippen LogP contribution in [0.25, 0.3) is 22.0 Å². The monoisotopic (exact) mass is 694 g/mol. The van der Waals surface area contributed by atoms with Gasteiger partial charge < -0.3 is 24.9 Å². The van der Waals surface area contributed by atoms with Gasteiger partial charge in [0.1, 0.15) is 23.1 Å². The Balaban J connectivity index is 1.10. The van der Waals surface area contributed by atoms with Crippen molar-refractivity contribution in [1.29, 1.82) is 0 Å². The number of carbonyl (C=O) groups is 5. The van der Waals surface area contributed by atoms with Crippen molar-refractivity contribution < 1.29 is 37.5 Å². The number of aryl methyl sites for hydroxylation is 1. The van der Waals surface area contributed by atoms with Crippen LogP contribution in [0, 0.1) is 11.6 Å². The van der Waals surface area contributed by atoms with Crippen LogP contribution in [0.2, 0.25) is 0 Å². The number of rotatable bonds is 9. The number of imide groups is 2. The highest BCUT2D eigenvalue weighted by Crippen LogP contribution is 2.39. The smallest absolute Gasteiger partial charge is 0.274 e. The molecule has 0 aliphatic carbocycles. The third kappa shape index (κ3) is 6.09. The van der Waals surface area contributed by atoms with Crippen molar-refractivity contribution in [1.82, 2.24) is 19.8 Å². The fourth-order valence-corrected chi connectivity index (χ4v) is 6.26. The molecule has 0 saturated carbocycles. The second kappa shape index (κ2) is 13.0. The number of H-pyrrole nitrogens is 1. The third-order valence-corrected chi connectivity index (χ3v) is 8.70. The number of nitrogens with one attached hydrogen (secondary N) is 4. The zero-order chi connectivity index (χ0) is 36.0. The quantitative estimate of drug-likeness (QED) is 0.164. The van der Waals surface area contributed by atoms with Crippen LogP contribution in [0.15, 0.2) is 77.9 Å². The van der Waals surface area contributed by atoms with Crippen molar-refractivity contribution in [2.45, 2.75) is 25.3 Å². The van der Waals surface area contributed by atoms with Crippen molar-refractivity contribution in [3.05, 3.63) is 106 Å². The SMILES string of the molecule is Cn1cc(-c2cc(NC(=O)CCNc3cccc4c3C(=O)N(C3CCC(=O)NC3=O)C4=O)ccc2Oc2ccc(F)cc2F)c2cc[nH]c2c1=O. The number of ether oxygens (including phenoxy) is 1. The van der Waals surface area contributed by atoms with Gasteiger partial charge in [-0.05, 0) is 55.0 Å². The van der Waals surface area contributed by atoms with Crippen LogP contribution in [-0.2, 0) is 21.4 Å². The lowest BCUT2D eigenvalue weighted by Gasteiger charge is -2.27. The summed E-state index contributed by atoms with van der Waals surface area (Å²) < 4.78 is 35.4. The molecule has 0 bridgehead atoms. The van der Waals surface area contributed by atoms with Gasteiger partial charge in [0.15, 0.2) is 11.6 Å². The molecule has 0 radical (unpaired) electrons. The van der Waals surface area contributed by atoms with E-state index in [1.165, 1.54) is 16.7 Å². The Morgan fingerprint density at radius 3 is 2.53 bits per heavy atom. The van der Waals surface area contributed by atoms with Gasteiger partial charge in [-0.15, -0.1) is 0 Å². The molecule has 2 aliphatic heterocycles. The minimum absolute atomic E-state index is 0.00441. The first-order chi connectivity index (χ1) is 24.5. The summed E-state index contributed by atoms with van der Waals surface area (Å²) in [6, 6.07) is 12.8. The number of fused-ring (bicyclic) bond motifs is 2. The number of hydrogen-bond acceptors (Lipinski definition) is 8. The van der Waals surface area contributed by atoms with Gasteiger partial charge in [-0.3, -0.25) is 39.0 Å². The molecule has 5 aromatic rings. The molecule has 1 saturated heterocycles. The molecular formula is C36H28F2N6O7. The Hall–Kier alpha value is -6.64. The van der Waals surface area contributed by atoms with Crippen LogP contribution in [-0.4, -0.2) is 56.6 Å². The number of nitrogens with zero attached hydrogens (tertiary/aromatic N) is 2. The molecule has 4 N–H and O–H groups in total. The summed E-state index contributed by atoms with van der Waals surface area (Å²) in [5, 5.41) is 8.55. The summed E-state index contributed by atoms with van der Waals surface area (Å²) in [5.74, 6) is -4.69. The molecule has 5 amide bonds. The van der Waals surface area contributed by atoms with Crippen molar-refractivity contribution >= 4 is 51.8 Å². The maximum absolute atomic E-state index is 14.6. The molecule has 7 rings (SSSR count). The number of piperidine rings is 1. The molecule has 3 aromatic carbocycles. The molecule has 13 nitrogen and oxygen atoms in total. The molecule has 1 unspecified atom stereocenters. The van der Waals surface area contributed by atoms with Gasteiger partial charge in [-0.1, -0.05) is 6.07 Å². The van der Waals surface area contributed by atoms with Gasteiger partial charge >= 0.3 is 0 Å². The number of hydrogen-bond donors (Lipinski definition) is 4. The van der Waals surface area contributed by atoms with Gasteiger partial charge in [0.2, 0.25) is 17.7 Å². The summed E-state index contributed by atoms with van der Waals surface area (Å²) >= 11 is 0. The number of carbonyl (C=O) groups excluding carboxylic acids is 5. The molecule has 51 heavy (non-hydrogen) atoms. The number of pyridine rings is 1. The summed E-state index contributed by atoms with van der Waals surface area (Å²) in [6.45, 7) is 0.0604. The van der Waals surface area contributed by atoms with E-state index in [1.54, 1.807) is 49.8 Å². The lowest BCUT2D eigenvalue weighted by atomic mass is 10.0. The highest BCUT2D eigenvalue weighted by Gasteiger charge is 2.45. The first kappa shape index (κ1) is 32.9. The summed E-state index contributed by atoms with van der Waals surface area (Å²) in [4.78, 5) is 80.2. The standard InChI is InChI=1S/C36H28F2N6O7/c1-43-17-23(20-11-13-40-32(20)36(43)50)22-16-19(6-9-27(22)51-28-8-5-18(37)15-24(28)38)41-30(46)12-14-39-25-4-2-3-21-31(25)35(49)44(34(21)48)26-7-10-29(45)42-33(26)47/h2-6,8-9,11,13,15-17,26,39-40H,7,10,12,14H2,1H3,(H,41,46)(H,42,45,47). The summed E-state index contributed by atoms with van der Waals surface area (Å²) in [5.41, 5.74) is 1.80. The van der Waals surface area contributed by atoms with Gasteiger partial charge in [0.25, 0.3) is 17.4 Å². The maximum Gasteiger partial charge on any atom is 0.274 e. The molecule has 0 spiro atoms. The topological polar surface area (TPSA) is 172 Å². The molecule has 15 heteroatoms. The summed E-state index contributed by atoms with van der Waals surface area (Å²) in [7, 11) is 1.57. The first-order valence-electron chi connectivity index (χ1n) is 15.8. The van der Waals surface area contributed by atoms with E-state index in [0.717, 1.165) is 17.0 Å². The Kier molecular flexibility index (Phi) is 8.38. The van der Waals surface area contributed by atoms with Gasteiger partial charge in [0.05, 0.1) is 11.1 Å². The van der Waals surface area contributed by atoms with Crippen LogP contribution < -0.4 is 26.2 Å². The number of halogens is 2. The maximum atomic E-state index is 14.6. The second-order valence-corrected chi connectivity index (χ2v) is 12.0. The Labute approximate surface area is 287 Å². The number of aromatic amines is 1. The second-order valence-electron chi connectivity index (χ2n) is 12.0. The van der Waals surface area contributed by atoms with Crippen molar-refractivity contribution in [3.8, 4) is 22.6 Å². The van der Waals surface area contributed by atoms with Crippen molar-refractivity contribution in [2.24, 2.45) is 7.05 Å². The average Bonchev–Trinajstić information content (AvgIpc) is 3.68. The van der Waals surface area contributed by atoms with E-state index >= 15 is 0 Å². The normalized spacial score (nSPS) is 15.6. The lowest BCUT2D eigenvalue weighted by Crippen LogP contribution is -2.54. The first-order valence-corrected chi connectivity index (χ1v) is 15.8. The van der Waals surface area contributed by atoms with E-state index < -0.39 is 47.2 Å². The fourth-order valence-electron chi connectivity index (χ4n) is 6.26. The van der Waals surface area contributed by atoms with Crippen LogP contribution in [0.3, 0.4) is 0 Å². The number of amides is 5. The van der Waals surface area contributed by atoms with Crippen molar-refractivity contribution in [3.63, 3.8) is 0 Å². The van der Waals surface area contributed by atoms with Crippen LogP contribution in [0.1, 0.15) is 40.0 Å². The molecule has 1 fully saturated rings. The molecular weight excluding hydrogens is 666 g/mol. The Morgan fingerprint density at radius 1 is 0.941 bits per heavy atom. The number of anilines is 2. The van der Waals surface area contributed by atoms with Gasteiger partial charge in [-0.2, -0.15) is 0 Å². The van der Waals surface area contributed by atoms with E-state index in [1.807, 2.05) is 0 Å². The van der Waals surface area contributed by atoms with E-state index in [9.17, 15) is 37.5 Å². The van der Waals surface area contributed by atoms with Crippen LogP contribution >= 0.6 is 0 Å². The lowest BCUT2D eigenvalue weighted by molar-refractivity contribution is -0.136. The molecule has 1 atom stereocenters.